The van der Waals surface area contributed by atoms with Crippen LogP contribution in [0, 0.1) is 33.0 Å². The highest BCUT2D eigenvalue weighted by Gasteiger charge is 2.13. The minimum atomic E-state index is -1.11. The molecule has 2 rings (SSSR count). The summed E-state index contributed by atoms with van der Waals surface area (Å²) in [5, 5.41) is 29.2. The molecule has 0 aliphatic rings. The van der Waals surface area contributed by atoms with Crippen molar-refractivity contribution in [2.75, 3.05) is 18.5 Å². The van der Waals surface area contributed by atoms with Gasteiger partial charge in [0.2, 0.25) is 0 Å². The molecular weight excluding hydrogens is 455 g/mol. The van der Waals surface area contributed by atoms with E-state index in [0.717, 1.165) is 5.56 Å². The summed E-state index contributed by atoms with van der Waals surface area (Å²) in [4.78, 5) is 38.0. The van der Waals surface area contributed by atoms with E-state index < -0.39 is 34.7 Å². The van der Waals surface area contributed by atoms with Gasteiger partial charge in [-0.2, -0.15) is 0 Å². The van der Waals surface area contributed by atoms with E-state index in [0.29, 0.717) is 11.3 Å². The van der Waals surface area contributed by atoms with Crippen molar-refractivity contribution in [3.8, 4) is 0 Å². The van der Waals surface area contributed by atoms with Crippen LogP contribution < -0.4 is 11.1 Å². The van der Waals surface area contributed by atoms with Gasteiger partial charge in [-0.3, -0.25) is 4.79 Å². The van der Waals surface area contributed by atoms with E-state index in [1.807, 2.05) is 13.0 Å². The second-order valence-electron chi connectivity index (χ2n) is 6.16. The molecule has 14 heteroatoms. The predicted octanol–water partition coefficient (Wildman–Crippen LogP) is 2.89. The van der Waals surface area contributed by atoms with Crippen LogP contribution in [-0.4, -0.2) is 40.5 Å². The van der Waals surface area contributed by atoms with Gasteiger partial charge in [0.15, 0.2) is 0 Å². The van der Waals surface area contributed by atoms with Gasteiger partial charge in [-0.05, 0) is 30.7 Å². The third kappa shape index (κ3) is 9.40. The van der Waals surface area contributed by atoms with Crippen molar-refractivity contribution >= 4 is 28.9 Å². The number of para-hydroxylation sites is 1. The van der Waals surface area contributed by atoms with Gasteiger partial charge in [-0.15, -0.1) is 20.2 Å². The Morgan fingerprint density at radius 2 is 1.97 bits per heavy atom. The zero-order valence-electron chi connectivity index (χ0n) is 16.7. The highest BCUT2D eigenvalue weighted by molar-refractivity contribution is 6.33. The Hall–Kier alpha value is -3.71. The fraction of sp³-hybridized carbons (Fsp3) is 0.278. The number of rotatable bonds is 10. The third-order valence-corrected chi connectivity index (χ3v) is 4.00. The number of carbonyl (C=O) groups is 1. The molecule has 1 atom stereocenters. The summed E-state index contributed by atoms with van der Waals surface area (Å²) < 4.78 is 13.7. The number of nitrogens with zero attached hydrogens (tertiary/aromatic N) is 2. The first kappa shape index (κ1) is 26.3. The topological polar surface area (TPSA) is 180 Å². The van der Waals surface area contributed by atoms with Gasteiger partial charge in [0.25, 0.3) is 10.2 Å². The van der Waals surface area contributed by atoms with E-state index in [9.17, 15) is 29.4 Å². The van der Waals surface area contributed by atoms with E-state index in [1.54, 1.807) is 18.2 Å². The van der Waals surface area contributed by atoms with Crippen LogP contribution in [0.15, 0.2) is 36.4 Å². The summed E-state index contributed by atoms with van der Waals surface area (Å²) in [5.74, 6) is -1.43. The summed E-state index contributed by atoms with van der Waals surface area (Å²) in [6.45, 7) is 1.09. The number of nitrogens with two attached hydrogens (primary N) is 1. The molecule has 0 spiro atoms. The van der Waals surface area contributed by atoms with Crippen LogP contribution in [0.4, 0.5) is 15.8 Å². The number of halogens is 2. The monoisotopic (exact) mass is 474 g/mol. The molecule has 32 heavy (non-hydrogen) atoms. The molecule has 0 radical (unpaired) electrons. The van der Waals surface area contributed by atoms with Crippen LogP contribution in [0.5, 0.6) is 0 Å². The highest BCUT2D eigenvalue weighted by Crippen LogP contribution is 2.30. The number of benzene rings is 2. The van der Waals surface area contributed by atoms with Gasteiger partial charge in [0.05, 0.1) is 17.1 Å². The summed E-state index contributed by atoms with van der Waals surface area (Å²) in [6.07, 6.45) is -1.25. The maximum absolute atomic E-state index is 13.7. The summed E-state index contributed by atoms with van der Waals surface area (Å²) >= 11 is 5.95. The van der Waals surface area contributed by atoms with Crippen molar-refractivity contribution < 1.29 is 34.1 Å². The number of hydrogen-bond donors (Lipinski definition) is 3. The molecule has 0 aliphatic carbocycles. The van der Waals surface area contributed by atoms with E-state index in [2.05, 4.69) is 15.0 Å². The van der Waals surface area contributed by atoms with Crippen LogP contribution in [0.1, 0.15) is 11.1 Å². The molecule has 2 aromatic rings. The van der Waals surface area contributed by atoms with Crippen molar-refractivity contribution in [3.63, 3.8) is 0 Å². The summed E-state index contributed by atoms with van der Waals surface area (Å²) in [6, 6.07) is 9.66. The molecule has 0 heterocycles. The molecule has 0 bridgehead atoms. The van der Waals surface area contributed by atoms with Crippen molar-refractivity contribution in [3.05, 3.63) is 78.6 Å². The standard InChI is InChI=1S/C15H13ClFNO2.C3H7N3O6/c1-9-5-6-13(10(7-9)8-14(19)20)18-15-11(16)3-2-4-12(15)17;4-1-3(12-6(9)10)2-11-5(7)8/h2-7,18H,8H2,1H3,(H,19,20);3H,1-2,4H2/t;3-/m.0/s1. The van der Waals surface area contributed by atoms with Crippen LogP contribution in [0.25, 0.3) is 0 Å². The number of aryl methyl sites for hydroxylation is 1. The predicted molar refractivity (Wildman–Crippen MR) is 111 cm³/mol. The van der Waals surface area contributed by atoms with Crippen molar-refractivity contribution in [1.29, 1.82) is 0 Å². The van der Waals surface area contributed by atoms with Crippen LogP contribution in [0.3, 0.4) is 0 Å². The molecule has 0 unspecified atom stereocenters. The molecule has 0 saturated heterocycles. The van der Waals surface area contributed by atoms with Crippen molar-refractivity contribution in [2.45, 2.75) is 19.4 Å². The molecule has 174 valence electrons. The molecule has 12 nitrogen and oxygen atoms in total. The van der Waals surface area contributed by atoms with Crippen molar-refractivity contribution in [2.24, 2.45) is 5.73 Å². The fourth-order valence-corrected chi connectivity index (χ4v) is 2.52. The molecule has 0 saturated carbocycles. The number of carboxylic acid groups (broad SMARTS) is 1. The SMILES string of the molecule is Cc1ccc(Nc2c(F)cccc2Cl)c(CC(=O)O)c1.NC[C@@H](CO[N+](=O)[O-])O[N+](=O)[O-]. The number of anilines is 2. The Labute approximate surface area is 185 Å². The fourth-order valence-electron chi connectivity index (χ4n) is 2.31. The van der Waals surface area contributed by atoms with Gasteiger partial charge >= 0.3 is 5.97 Å². The van der Waals surface area contributed by atoms with Crippen LogP contribution in [-0.2, 0) is 20.9 Å². The second kappa shape index (κ2) is 12.9. The van der Waals surface area contributed by atoms with Crippen LogP contribution in [0.2, 0.25) is 5.02 Å². The van der Waals surface area contributed by atoms with E-state index in [-0.39, 0.29) is 23.7 Å². The van der Waals surface area contributed by atoms with Gasteiger partial charge in [-0.25, -0.2) is 4.39 Å². The summed E-state index contributed by atoms with van der Waals surface area (Å²) in [7, 11) is 0. The zero-order chi connectivity index (χ0) is 24.3. The molecule has 0 fully saturated rings. The second-order valence-corrected chi connectivity index (χ2v) is 6.57. The summed E-state index contributed by atoms with van der Waals surface area (Å²) in [5.41, 5.74) is 7.17. The molecule has 0 amide bonds. The van der Waals surface area contributed by atoms with E-state index in [1.165, 1.54) is 12.1 Å². The Bertz CT molecular complexity index is 942. The smallest absolute Gasteiger partial charge is 0.307 e. The number of hydrogen-bond acceptors (Lipinski definition) is 9. The lowest BCUT2D eigenvalue weighted by atomic mass is 10.1. The lowest BCUT2D eigenvalue weighted by Gasteiger charge is -2.13. The zero-order valence-corrected chi connectivity index (χ0v) is 17.5. The molecule has 4 N–H and O–H groups in total. The quantitative estimate of drug-likeness (QED) is 0.342. The highest BCUT2D eigenvalue weighted by atomic mass is 35.5. The Balaban J connectivity index is 0.000000368. The molecule has 0 aliphatic heterocycles. The Kier molecular flexibility index (Phi) is 10.6. The van der Waals surface area contributed by atoms with Gasteiger partial charge in [-0.1, -0.05) is 35.4 Å². The lowest BCUT2D eigenvalue weighted by Crippen LogP contribution is -2.31. The van der Waals surface area contributed by atoms with Gasteiger partial charge < -0.3 is 25.8 Å². The largest absolute Gasteiger partial charge is 0.481 e. The van der Waals surface area contributed by atoms with E-state index >= 15 is 0 Å². The van der Waals surface area contributed by atoms with Crippen LogP contribution >= 0.6 is 11.6 Å². The average Bonchev–Trinajstić information content (AvgIpc) is 2.69. The van der Waals surface area contributed by atoms with Gasteiger partial charge in [0, 0.05) is 12.2 Å². The van der Waals surface area contributed by atoms with Crippen molar-refractivity contribution in [1.82, 2.24) is 0 Å². The molecule has 0 aromatic heterocycles. The third-order valence-electron chi connectivity index (χ3n) is 3.69. The Morgan fingerprint density at radius 3 is 2.50 bits per heavy atom. The first-order chi connectivity index (χ1) is 15.0. The van der Waals surface area contributed by atoms with Gasteiger partial charge in [0.1, 0.15) is 18.5 Å². The maximum atomic E-state index is 13.7. The molecule has 2 aromatic carbocycles. The first-order valence-corrected chi connectivity index (χ1v) is 9.22. The van der Waals surface area contributed by atoms with E-state index in [4.69, 9.17) is 22.4 Å². The normalized spacial score (nSPS) is 10.9. The minimum absolute atomic E-state index is 0.143. The minimum Gasteiger partial charge on any atom is -0.481 e. The maximum Gasteiger partial charge on any atom is 0.307 e. The number of carboxylic acids is 1. The number of nitrogens with one attached hydrogen (secondary N) is 1. The average molecular weight is 475 g/mol. The number of aliphatic carboxylic acids is 1. The molecular formula is C18H20ClFN4O8. The first-order valence-electron chi connectivity index (χ1n) is 8.84. The lowest BCUT2D eigenvalue weighted by molar-refractivity contribution is -0.789. The Morgan fingerprint density at radius 1 is 1.28 bits per heavy atom.